The van der Waals surface area contributed by atoms with Gasteiger partial charge in [-0.05, 0) is 18.1 Å². The molecule has 17 heavy (non-hydrogen) atoms. The second-order valence-electron chi connectivity index (χ2n) is 3.91. The maximum absolute atomic E-state index is 10.5. The molecule has 0 atom stereocenters. The van der Waals surface area contributed by atoms with Crippen molar-refractivity contribution in [1.82, 2.24) is 4.98 Å². The van der Waals surface area contributed by atoms with Crippen LogP contribution in [0.15, 0.2) is 34.9 Å². The standard InChI is InChI=1S/C13H13NO3/c1-9-4-2-3-5-10(9)6-12-14-11(8-17-12)7-13(15)16/h2-5,8H,6-7H2,1H3,(H,15,16). The third kappa shape index (κ3) is 2.93. The Kier molecular flexibility index (Phi) is 3.23. The van der Waals surface area contributed by atoms with Crippen LogP contribution in [0.3, 0.4) is 0 Å². The average molecular weight is 231 g/mol. The number of hydrogen-bond acceptors (Lipinski definition) is 3. The third-order valence-corrected chi connectivity index (χ3v) is 2.53. The fraction of sp³-hybridized carbons (Fsp3) is 0.231. The van der Waals surface area contributed by atoms with Crippen LogP contribution in [-0.4, -0.2) is 16.1 Å². The van der Waals surface area contributed by atoms with Gasteiger partial charge in [-0.2, -0.15) is 0 Å². The Morgan fingerprint density at radius 1 is 1.41 bits per heavy atom. The van der Waals surface area contributed by atoms with E-state index >= 15 is 0 Å². The van der Waals surface area contributed by atoms with E-state index in [1.807, 2.05) is 31.2 Å². The van der Waals surface area contributed by atoms with Crippen molar-refractivity contribution in [1.29, 1.82) is 0 Å². The second kappa shape index (κ2) is 4.82. The van der Waals surface area contributed by atoms with Crippen LogP contribution in [0.4, 0.5) is 0 Å². The predicted octanol–water partition coefficient (Wildman–Crippen LogP) is 2.20. The van der Waals surface area contributed by atoms with Crippen LogP contribution >= 0.6 is 0 Å². The Balaban J connectivity index is 2.12. The van der Waals surface area contributed by atoms with Crippen LogP contribution in [0.2, 0.25) is 0 Å². The minimum absolute atomic E-state index is 0.0999. The smallest absolute Gasteiger partial charge is 0.309 e. The van der Waals surface area contributed by atoms with E-state index in [1.54, 1.807) is 0 Å². The van der Waals surface area contributed by atoms with Gasteiger partial charge < -0.3 is 9.52 Å². The maximum atomic E-state index is 10.5. The number of nitrogens with zero attached hydrogens (tertiary/aromatic N) is 1. The normalized spacial score (nSPS) is 10.4. The van der Waals surface area contributed by atoms with Gasteiger partial charge in [-0.3, -0.25) is 4.79 Å². The van der Waals surface area contributed by atoms with E-state index < -0.39 is 5.97 Å². The molecule has 0 fully saturated rings. The largest absolute Gasteiger partial charge is 0.481 e. The van der Waals surface area contributed by atoms with Gasteiger partial charge in [0.1, 0.15) is 6.26 Å². The first kappa shape index (κ1) is 11.4. The first-order chi connectivity index (χ1) is 8.15. The van der Waals surface area contributed by atoms with E-state index in [0.717, 1.165) is 5.56 Å². The fourth-order valence-corrected chi connectivity index (χ4v) is 1.64. The second-order valence-corrected chi connectivity index (χ2v) is 3.91. The topological polar surface area (TPSA) is 63.3 Å². The Morgan fingerprint density at radius 3 is 2.88 bits per heavy atom. The maximum Gasteiger partial charge on any atom is 0.309 e. The van der Waals surface area contributed by atoms with Gasteiger partial charge >= 0.3 is 5.97 Å². The average Bonchev–Trinajstić information content (AvgIpc) is 2.68. The summed E-state index contributed by atoms with van der Waals surface area (Å²) in [5.41, 5.74) is 2.77. The fourth-order valence-electron chi connectivity index (χ4n) is 1.64. The zero-order chi connectivity index (χ0) is 12.3. The minimum atomic E-state index is -0.902. The predicted molar refractivity (Wildman–Crippen MR) is 61.8 cm³/mol. The van der Waals surface area contributed by atoms with Crippen LogP contribution in [-0.2, 0) is 17.6 Å². The monoisotopic (exact) mass is 231 g/mol. The van der Waals surface area contributed by atoms with Gasteiger partial charge in [-0.1, -0.05) is 24.3 Å². The zero-order valence-electron chi connectivity index (χ0n) is 9.51. The summed E-state index contributed by atoms with van der Waals surface area (Å²) in [6, 6.07) is 7.97. The first-order valence-corrected chi connectivity index (χ1v) is 5.35. The van der Waals surface area contributed by atoms with E-state index in [4.69, 9.17) is 9.52 Å². The molecule has 0 saturated carbocycles. The van der Waals surface area contributed by atoms with Crippen molar-refractivity contribution in [2.24, 2.45) is 0 Å². The van der Waals surface area contributed by atoms with Gasteiger partial charge in [0.15, 0.2) is 5.89 Å². The van der Waals surface area contributed by atoms with E-state index in [9.17, 15) is 4.79 Å². The molecular formula is C13H13NO3. The minimum Gasteiger partial charge on any atom is -0.481 e. The van der Waals surface area contributed by atoms with Crippen LogP contribution in [0.5, 0.6) is 0 Å². The summed E-state index contributed by atoms with van der Waals surface area (Å²) in [7, 11) is 0. The number of carbonyl (C=O) groups is 1. The Hall–Kier alpha value is -2.10. The molecule has 0 radical (unpaired) electrons. The number of carboxylic acid groups (broad SMARTS) is 1. The molecule has 1 N–H and O–H groups in total. The quantitative estimate of drug-likeness (QED) is 0.876. The summed E-state index contributed by atoms with van der Waals surface area (Å²) in [6.07, 6.45) is 1.89. The molecule has 0 aliphatic carbocycles. The zero-order valence-corrected chi connectivity index (χ0v) is 9.51. The molecule has 4 heteroatoms. The SMILES string of the molecule is Cc1ccccc1Cc1nc(CC(=O)O)co1. The molecular weight excluding hydrogens is 218 g/mol. The van der Waals surface area contributed by atoms with Crippen LogP contribution in [0.25, 0.3) is 0 Å². The number of hydrogen-bond donors (Lipinski definition) is 1. The highest BCUT2D eigenvalue weighted by Crippen LogP contribution is 2.13. The third-order valence-electron chi connectivity index (χ3n) is 2.53. The van der Waals surface area contributed by atoms with Gasteiger partial charge in [0.05, 0.1) is 12.1 Å². The summed E-state index contributed by atoms with van der Waals surface area (Å²) in [4.78, 5) is 14.6. The van der Waals surface area contributed by atoms with Crippen LogP contribution in [0, 0.1) is 6.92 Å². The number of benzene rings is 1. The van der Waals surface area contributed by atoms with Crippen molar-refractivity contribution in [3.63, 3.8) is 0 Å². The number of oxazole rings is 1. The first-order valence-electron chi connectivity index (χ1n) is 5.35. The molecule has 4 nitrogen and oxygen atoms in total. The summed E-state index contributed by atoms with van der Waals surface area (Å²) < 4.78 is 5.25. The Morgan fingerprint density at radius 2 is 2.18 bits per heavy atom. The summed E-state index contributed by atoms with van der Waals surface area (Å²) in [5.74, 6) is -0.351. The number of rotatable bonds is 4. The van der Waals surface area contributed by atoms with E-state index in [-0.39, 0.29) is 6.42 Å². The van der Waals surface area contributed by atoms with Crippen LogP contribution < -0.4 is 0 Å². The number of aryl methyl sites for hydroxylation is 1. The molecule has 0 bridgehead atoms. The molecule has 1 aromatic heterocycles. The molecule has 1 heterocycles. The molecule has 0 saturated heterocycles. The van der Waals surface area contributed by atoms with Crippen molar-refractivity contribution in [3.05, 3.63) is 53.2 Å². The molecule has 0 aliphatic rings. The lowest BCUT2D eigenvalue weighted by atomic mass is 10.1. The van der Waals surface area contributed by atoms with Crippen molar-refractivity contribution < 1.29 is 14.3 Å². The Bertz CT molecular complexity index is 531. The summed E-state index contributed by atoms with van der Waals surface area (Å²) in [5, 5.41) is 8.63. The number of carboxylic acids is 1. The molecule has 88 valence electrons. The van der Waals surface area contributed by atoms with Gasteiger partial charge in [-0.15, -0.1) is 0 Å². The van der Waals surface area contributed by atoms with Crippen molar-refractivity contribution in [3.8, 4) is 0 Å². The highest BCUT2D eigenvalue weighted by atomic mass is 16.4. The molecule has 0 spiro atoms. The Labute approximate surface area is 98.9 Å². The molecule has 2 rings (SSSR count). The van der Waals surface area contributed by atoms with E-state index in [1.165, 1.54) is 11.8 Å². The molecule has 1 aromatic carbocycles. The van der Waals surface area contributed by atoms with Gasteiger partial charge in [0.2, 0.25) is 0 Å². The van der Waals surface area contributed by atoms with Crippen molar-refractivity contribution >= 4 is 5.97 Å². The van der Waals surface area contributed by atoms with Gasteiger partial charge in [0, 0.05) is 6.42 Å². The molecule has 2 aromatic rings. The van der Waals surface area contributed by atoms with E-state index in [0.29, 0.717) is 18.0 Å². The number of aromatic nitrogens is 1. The lowest BCUT2D eigenvalue weighted by Gasteiger charge is -2.01. The van der Waals surface area contributed by atoms with Crippen molar-refractivity contribution in [2.45, 2.75) is 19.8 Å². The summed E-state index contributed by atoms with van der Waals surface area (Å²) in [6.45, 7) is 2.02. The highest BCUT2D eigenvalue weighted by Gasteiger charge is 2.09. The van der Waals surface area contributed by atoms with Gasteiger partial charge in [-0.25, -0.2) is 4.98 Å². The van der Waals surface area contributed by atoms with E-state index in [2.05, 4.69) is 4.98 Å². The number of aliphatic carboxylic acids is 1. The van der Waals surface area contributed by atoms with Gasteiger partial charge in [0.25, 0.3) is 0 Å². The molecule has 0 amide bonds. The van der Waals surface area contributed by atoms with Crippen LogP contribution in [0.1, 0.15) is 22.7 Å². The molecule has 0 aliphatic heterocycles. The lowest BCUT2D eigenvalue weighted by Crippen LogP contribution is -2.00. The lowest BCUT2D eigenvalue weighted by molar-refractivity contribution is -0.136. The van der Waals surface area contributed by atoms with Crippen molar-refractivity contribution in [2.75, 3.05) is 0 Å². The summed E-state index contributed by atoms with van der Waals surface area (Å²) >= 11 is 0. The molecule has 0 unspecified atom stereocenters. The highest BCUT2D eigenvalue weighted by molar-refractivity contribution is 5.69.